The molecule has 0 unspecified atom stereocenters. The molecule has 0 atom stereocenters. The normalized spacial score (nSPS) is 11.1. The van der Waals surface area contributed by atoms with Crippen molar-refractivity contribution in [1.29, 1.82) is 0 Å². The number of hydrogen-bond donors (Lipinski definition) is 2. The van der Waals surface area contributed by atoms with Crippen molar-refractivity contribution < 1.29 is 14.6 Å². The van der Waals surface area contributed by atoms with E-state index in [1.807, 2.05) is 13.8 Å². The fraction of sp³-hybridized carbons (Fsp3) is 1.00. The summed E-state index contributed by atoms with van der Waals surface area (Å²) < 4.78 is 10.5. The summed E-state index contributed by atoms with van der Waals surface area (Å²) in [6.45, 7) is 7.90. The van der Waals surface area contributed by atoms with Crippen LogP contribution in [0.1, 0.15) is 20.3 Å². The summed E-state index contributed by atoms with van der Waals surface area (Å²) in [5.74, 6) is 0. The van der Waals surface area contributed by atoms with E-state index in [0.29, 0.717) is 19.3 Å². The second-order valence-corrected chi connectivity index (χ2v) is 3.36. The Balaban J connectivity index is 2.85. The molecule has 0 fully saturated rings. The molecule has 0 radical (unpaired) electrons. The van der Waals surface area contributed by atoms with Crippen LogP contribution in [0.5, 0.6) is 0 Å². The summed E-state index contributed by atoms with van der Waals surface area (Å²) in [5.41, 5.74) is 0. The van der Waals surface area contributed by atoms with Gasteiger partial charge in [-0.15, -0.1) is 0 Å². The maximum Gasteiger partial charge on any atom is 0.0697 e. The molecule has 0 aliphatic heterocycles. The van der Waals surface area contributed by atoms with E-state index in [4.69, 9.17) is 14.6 Å². The fourth-order valence-electron chi connectivity index (χ4n) is 0.958. The SMILES string of the molecule is CC(C)OCCNCCCOCCO. The standard InChI is InChI=1S/C10H23NO3/c1-10(2)14-8-5-11-4-3-7-13-9-6-12/h10-12H,3-9H2,1-2H3. The molecule has 0 aromatic heterocycles. The van der Waals surface area contributed by atoms with Gasteiger partial charge in [0.05, 0.1) is 25.9 Å². The lowest BCUT2D eigenvalue weighted by atomic mass is 10.4. The minimum absolute atomic E-state index is 0.107. The largest absolute Gasteiger partial charge is 0.394 e. The number of hydrogen-bond acceptors (Lipinski definition) is 4. The van der Waals surface area contributed by atoms with Crippen molar-refractivity contribution >= 4 is 0 Å². The monoisotopic (exact) mass is 205 g/mol. The number of nitrogens with one attached hydrogen (secondary N) is 1. The molecule has 4 heteroatoms. The number of aliphatic hydroxyl groups excluding tert-OH is 1. The van der Waals surface area contributed by atoms with Crippen LogP contribution in [0.25, 0.3) is 0 Å². The molecular formula is C10H23NO3. The van der Waals surface area contributed by atoms with Crippen molar-refractivity contribution in [3.05, 3.63) is 0 Å². The molecule has 0 spiro atoms. The van der Waals surface area contributed by atoms with Crippen molar-refractivity contribution in [3.63, 3.8) is 0 Å². The van der Waals surface area contributed by atoms with E-state index >= 15 is 0 Å². The molecule has 14 heavy (non-hydrogen) atoms. The zero-order chi connectivity index (χ0) is 10.6. The molecule has 4 nitrogen and oxygen atoms in total. The molecule has 0 heterocycles. The molecule has 0 aromatic carbocycles. The van der Waals surface area contributed by atoms with Crippen molar-refractivity contribution in [2.24, 2.45) is 0 Å². The smallest absolute Gasteiger partial charge is 0.0697 e. The summed E-state index contributed by atoms with van der Waals surface area (Å²) in [4.78, 5) is 0. The summed E-state index contributed by atoms with van der Waals surface area (Å²) >= 11 is 0. The Morgan fingerprint density at radius 3 is 2.57 bits per heavy atom. The zero-order valence-corrected chi connectivity index (χ0v) is 9.29. The van der Waals surface area contributed by atoms with Gasteiger partial charge in [0.25, 0.3) is 0 Å². The Bertz CT molecular complexity index is 110. The third kappa shape index (κ3) is 11.8. The van der Waals surface area contributed by atoms with Gasteiger partial charge in [-0.2, -0.15) is 0 Å². The van der Waals surface area contributed by atoms with E-state index in [0.717, 1.165) is 26.1 Å². The van der Waals surface area contributed by atoms with Crippen molar-refractivity contribution in [3.8, 4) is 0 Å². The van der Waals surface area contributed by atoms with Crippen molar-refractivity contribution in [2.75, 3.05) is 39.5 Å². The predicted octanol–water partition coefficient (Wildman–Crippen LogP) is 0.400. The van der Waals surface area contributed by atoms with Crippen LogP contribution in [-0.2, 0) is 9.47 Å². The van der Waals surface area contributed by atoms with Crippen LogP contribution in [0.3, 0.4) is 0 Å². The average Bonchev–Trinajstić information content (AvgIpc) is 2.15. The lowest BCUT2D eigenvalue weighted by molar-refractivity contribution is 0.0780. The summed E-state index contributed by atoms with van der Waals surface area (Å²) in [6.07, 6.45) is 1.28. The molecule has 86 valence electrons. The second-order valence-electron chi connectivity index (χ2n) is 3.36. The maximum absolute atomic E-state index is 8.43. The number of aliphatic hydroxyl groups is 1. The molecule has 0 aliphatic carbocycles. The third-order valence-electron chi connectivity index (χ3n) is 1.61. The van der Waals surface area contributed by atoms with Gasteiger partial charge in [-0.05, 0) is 26.8 Å². The first-order valence-electron chi connectivity index (χ1n) is 5.28. The van der Waals surface area contributed by atoms with E-state index in [1.165, 1.54) is 0 Å². The summed E-state index contributed by atoms with van der Waals surface area (Å²) in [6, 6.07) is 0. The molecule has 0 rings (SSSR count). The van der Waals surface area contributed by atoms with Gasteiger partial charge < -0.3 is 19.9 Å². The zero-order valence-electron chi connectivity index (χ0n) is 9.29. The van der Waals surface area contributed by atoms with Crippen LogP contribution in [-0.4, -0.2) is 50.7 Å². The lowest BCUT2D eigenvalue weighted by Crippen LogP contribution is -2.23. The van der Waals surface area contributed by atoms with E-state index < -0.39 is 0 Å². The molecule has 0 aliphatic rings. The Labute approximate surface area is 86.6 Å². The predicted molar refractivity (Wildman–Crippen MR) is 56.5 cm³/mol. The van der Waals surface area contributed by atoms with Gasteiger partial charge in [-0.25, -0.2) is 0 Å². The maximum atomic E-state index is 8.43. The first kappa shape index (κ1) is 13.8. The van der Waals surface area contributed by atoms with Crippen molar-refractivity contribution in [2.45, 2.75) is 26.4 Å². The Morgan fingerprint density at radius 1 is 1.14 bits per heavy atom. The molecule has 2 N–H and O–H groups in total. The summed E-state index contributed by atoms with van der Waals surface area (Å²) in [7, 11) is 0. The molecule has 0 saturated heterocycles. The average molecular weight is 205 g/mol. The summed E-state index contributed by atoms with van der Waals surface area (Å²) in [5, 5.41) is 11.7. The molecule has 0 saturated carbocycles. The van der Waals surface area contributed by atoms with Crippen LogP contribution >= 0.6 is 0 Å². The van der Waals surface area contributed by atoms with Gasteiger partial charge in [0.1, 0.15) is 0 Å². The van der Waals surface area contributed by atoms with E-state index in [2.05, 4.69) is 5.32 Å². The van der Waals surface area contributed by atoms with Crippen LogP contribution in [0.4, 0.5) is 0 Å². The Kier molecular flexibility index (Phi) is 10.8. The van der Waals surface area contributed by atoms with Gasteiger partial charge in [0.15, 0.2) is 0 Å². The highest BCUT2D eigenvalue weighted by Crippen LogP contribution is 1.85. The number of ether oxygens (including phenoxy) is 2. The highest BCUT2D eigenvalue weighted by molar-refractivity contribution is 4.47. The topological polar surface area (TPSA) is 50.7 Å². The van der Waals surface area contributed by atoms with Gasteiger partial charge >= 0.3 is 0 Å². The highest BCUT2D eigenvalue weighted by atomic mass is 16.5. The lowest BCUT2D eigenvalue weighted by Gasteiger charge is -2.08. The highest BCUT2D eigenvalue weighted by Gasteiger charge is 1.92. The molecule has 0 amide bonds. The second kappa shape index (κ2) is 10.9. The van der Waals surface area contributed by atoms with Crippen LogP contribution in [0.2, 0.25) is 0 Å². The Morgan fingerprint density at radius 2 is 1.93 bits per heavy atom. The first-order valence-corrected chi connectivity index (χ1v) is 5.28. The van der Waals surface area contributed by atoms with E-state index in [9.17, 15) is 0 Å². The number of rotatable bonds is 10. The fourth-order valence-corrected chi connectivity index (χ4v) is 0.958. The third-order valence-corrected chi connectivity index (χ3v) is 1.61. The quantitative estimate of drug-likeness (QED) is 0.507. The van der Waals surface area contributed by atoms with Gasteiger partial charge in [-0.3, -0.25) is 0 Å². The first-order chi connectivity index (χ1) is 6.77. The van der Waals surface area contributed by atoms with Crippen LogP contribution in [0, 0.1) is 0 Å². The van der Waals surface area contributed by atoms with Crippen molar-refractivity contribution in [1.82, 2.24) is 5.32 Å². The minimum atomic E-state index is 0.107. The molecule has 0 bridgehead atoms. The molecular weight excluding hydrogens is 182 g/mol. The molecule has 0 aromatic rings. The van der Waals surface area contributed by atoms with Crippen LogP contribution < -0.4 is 5.32 Å². The van der Waals surface area contributed by atoms with Gasteiger partial charge in [0, 0.05) is 13.2 Å². The van der Waals surface area contributed by atoms with Gasteiger partial charge in [0.2, 0.25) is 0 Å². The van der Waals surface area contributed by atoms with Gasteiger partial charge in [-0.1, -0.05) is 0 Å². The van der Waals surface area contributed by atoms with E-state index in [1.54, 1.807) is 0 Å². The Hall–Kier alpha value is -0.160. The van der Waals surface area contributed by atoms with E-state index in [-0.39, 0.29) is 6.61 Å². The minimum Gasteiger partial charge on any atom is -0.394 e. The van der Waals surface area contributed by atoms with Crippen LogP contribution in [0.15, 0.2) is 0 Å².